The Morgan fingerprint density at radius 3 is 2.92 bits per heavy atom. The number of hydrogen-bond donors (Lipinski definition) is 3. The van der Waals surface area contributed by atoms with Gasteiger partial charge in [0, 0.05) is 17.2 Å². The van der Waals surface area contributed by atoms with E-state index < -0.39 is 0 Å². The molecule has 1 fully saturated rings. The second-order valence-electron chi connectivity index (χ2n) is 6.71. The molecule has 0 unspecified atom stereocenters. The lowest BCUT2D eigenvalue weighted by molar-refractivity contribution is -0.120. The van der Waals surface area contributed by atoms with Crippen LogP contribution in [0.1, 0.15) is 19.3 Å². The zero-order valence-corrected chi connectivity index (χ0v) is 14.0. The molecule has 1 aromatic heterocycles. The van der Waals surface area contributed by atoms with Crippen molar-refractivity contribution in [2.24, 2.45) is 17.6 Å². The summed E-state index contributed by atoms with van der Waals surface area (Å²) in [7, 11) is 0. The highest BCUT2D eigenvalue weighted by Crippen LogP contribution is 2.32. The first-order chi connectivity index (χ1) is 12.2. The summed E-state index contributed by atoms with van der Waals surface area (Å²) in [6.07, 6.45) is 3.06. The van der Waals surface area contributed by atoms with Crippen molar-refractivity contribution in [2.75, 3.05) is 11.9 Å². The van der Waals surface area contributed by atoms with Gasteiger partial charge in [-0.1, -0.05) is 30.7 Å². The Morgan fingerprint density at radius 2 is 2.08 bits per heavy atom. The number of nitrogens with zero attached hydrogens (tertiary/aromatic N) is 1. The molecule has 0 aliphatic heterocycles. The van der Waals surface area contributed by atoms with Crippen LogP contribution in [-0.2, 0) is 4.79 Å². The summed E-state index contributed by atoms with van der Waals surface area (Å²) in [6, 6.07) is 15.7. The molecular formula is C20H22N4O. The van der Waals surface area contributed by atoms with Gasteiger partial charge in [-0.2, -0.15) is 0 Å². The molecular weight excluding hydrogens is 312 g/mol. The molecule has 25 heavy (non-hydrogen) atoms. The second kappa shape index (κ2) is 6.69. The molecule has 1 amide bonds. The van der Waals surface area contributed by atoms with Crippen LogP contribution in [-0.4, -0.2) is 22.4 Å². The van der Waals surface area contributed by atoms with Crippen LogP contribution < -0.4 is 11.1 Å². The number of hydrogen-bond acceptors (Lipinski definition) is 3. The first kappa shape index (κ1) is 15.8. The lowest BCUT2D eigenvalue weighted by Crippen LogP contribution is -2.29. The van der Waals surface area contributed by atoms with Crippen LogP contribution in [0.25, 0.3) is 22.4 Å². The van der Waals surface area contributed by atoms with E-state index in [9.17, 15) is 4.79 Å². The molecule has 4 N–H and O–H groups in total. The van der Waals surface area contributed by atoms with Crippen molar-refractivity contribution in [3.8, 4) is 11.4 Å². The molecule has 2 atom stereocenters. The predicted octanol–water partition coefficient (Wildman–Crippen LogP) is 3.54. The Labute approximate surface area is 146 Å². The van der Waals surface area contributed by atoms with Crippen molar-refractivity contribution in [2.45, 2.75) is 19.3 Å². The fourth-order valence-electron chi connectivity index (χ4n) is 3.73. The van der Waals surface area contributed by atoms with Crippen molar-refractivity contribution >= 4 is 22.6 Å². The summed E-state index contributed by atoms with van der Waals surface area (Å²) in [6.45, 7) is 0.580. The molecule has 1 saturated carbocycles. The Kier molecular flexibility index (Phi) is 4.24. The molecule has 4 rings (SSSR count). The van der Waals surface area contributed by atoms with Crippen LogP contribution in [0.4, 0.5) is 5.69 Å². The predicted molar refractivity (Wildman–Crippen MR) is 100 cm³/mol. The van der Waals surface area contributed by atoms with Gasteiger partial charge in [-0.05, 0) is 49.6 Å². The number of benzene rings is 2. The Morgan fingerprint density at radius 1 is 1.20 bits per heavy atom. The van der Waals surface area contributed by atoms with Crippen LogP contribution in [0.2, 0.25) is 0 Å². The van der Waals surface area contributed by atoms with E-state index in [0.717, 1.165) is 47.4 Å². The van der Waals surface area contributed by atoms with E-state index in [4.69, 9.17) is 5.73 Å². The Balaban J connectivity index is 1.56. The molecule has 0 bridgehead atoms. The zero-order valence-electron chi connectivity index (χ0n) is 14.0. The lowest BCUT2D eigenvalue weighted by Gasteiger charge is -2.17. The molecule has 1 aliphatic rings. The monoisotopic (exact) mass is 334 g/mol. The van der Waals surface area contributed by atoms with E-state index >= 15 is 0 Å². The van der Waals surface area contributed by atoms with Crippen molar-refractivity contribution < 1.29 is 4.79 Å². The summed E-state index contributed by atoms with van der Waals surface area (Å²) >= 11 is 0. The minimum Gasteiger partial charge on any atom is -0.338 e. The first-order valence-corrected chi connectivity index (χ1v) is 8.81. The second-order valence-corrected chi connectivity index (χ2v) is 6.71. The van der Waals surface area contributed by atoms with Gasteiger partial charge in [0.2, 0.25) is 5.91 Å². The average molecular weight is 334 g/mol. The maximum Gasteiger partial charge on any atom is 0.227 e. The number of rotatable bonds is 4. The highest BCUT2D eigenvalue weighted by Gasteiger charge is 2.31. The maximum absolute atomic E-state index is 12.6. The van der Waals surface area contributed by atoms with Crippen molar-refractivity contribution in [1.82, 2.24) is 9.97 Å². The summed E-state index contributed by atoms with van der Waals surface area (Å²) in [5.41, 5.74) is 9.49. The summed E-state index contributed by atoms with van der Waals surface area (Å²) < 4.78 is 0. The van der Waals surface area contributed by atoms with Crippen LogP contribution in [0, 0.1) is 11.8 Å². The molecule has 3 aromatic rings. The number of carbonyl (C=O) groups excluding carboxylic acids is 1. The highest BCUT2D eigenvalue weighted by atomic mass is 16.1. The normalized spacial score (nSPS) is 20.0. The van der Waals surface area contributed by atoms with Crippen LogP contribution in [0.3, 0.4) is 0 Å². The van der Waals surface area contributed by atoms with E-state index in [0.29, 0.717) is 12.5 Å². The van der Waals surface area contributed by atoms with Gasteiger partial charge in [0.1, 0.15) is 5.82 Å². The van der Waals surface area contributed by atoms with Gasteiger partial charge in [0.25, 0.3) is 0 Å². The Bertz CT molecular complexity index is 868. The smallest absolute Gasteiger partial charge is 0.227 e. The number of amides is 1. The zero-order chi connectivity index (χ0) is 17.2. The molecule has 128 valence electrons. The van der Waals surface area contributed by atoms with Crippen molar-refractivity contribution in [3.05, 3.63) is 48.5 Å². The number of aromatic amines is 1. The Hall–Kier alpha value is -2.66. The molecule has 0 saturated heterocycles. The average Bonchev–Trinajstić information content (AvgIpc) is 3.28. The third-order valence-corrected chi connectivity index (χ3v) is 5.09. The molecule has 1 aliphatic carbocycles. The molecule has 2 aromatic carbocycles. The topological polar surface area (TPSA) is 83.8 Å². The number of aromatic nitrogens is 2. The number of imidazole rings is 1. The number of H-pyrrole nitrogens is 1. The lowest BCUT2D eigenvalue weighted by atomic mass is 9.95. The van der Waals surface area contributed by atoms with Gasteiger partial charge >= 0.3 is 0 Å². The van der Waals surface area contributed by atoms with Crippen LogP contribution in [0.15, 0.2) is 48.5 Å². The molecule has 0 radical (unpaired) electrons. The number of fused-ring (bicyclic) bond motifs is 1. The quantitative estimate of drug-likeness (QED) is 0.682. The highest BCUT2D eigenvalue weighted by molar-refractivity contribution is 5.93. The third kappa shape index (κ3) is 3.15. The molecule has 5 nitrogen and oxygen atoms in total. The van der Waals surface area contributed by atoms with Crippen molar-refractivity contribution in [1.29, 1.82) is 0 Å². The SMILES string of the molecule is NC[C@H]1CCC[C@H]1C(=O)Nc1cccc(-c2nc3ccccc3[nH]2)c1. The maximum atomic E-state index is 12.6. The van der Waals surface area contributed by atoms with Gasteiger partial charge in [-0.3, -0.25) is 4.79 Å². The van der Waals surface area contributed by atoms with E-state index in [-0.39, 0.29) is 11.8 Å². The van der Waals surface area contributed by atoms with E-state index in [2.05, 4.69) is 15.3 Å². The first-order valence-electron chi connectivity index (χ1n) is 8.81. The number of para-hydroxylation sites is 2. The van der Waals surface area contributed by atoms with Gasteiger partial charge in [-0.15, -0.1) is 0 Å². The summed E-state index contributed by atoms with van der Waals surface area (Å²) in [5.74, 6) is 1.21. The van der Waals surface area contributed by atoms with Gasteiger partial charge in [0.05, 0.1) is 11.0 Å². The third-order valence-electron chi connectivity index (χ3n) is 5.09. The number of nitrogens with two attached hydrogens (primary N) is 1. The molecule has 0 spiro atoms. The fraction of sp³-hybridized carbons (Fsp3) is 0.300. The number of nitrogens with one attached hydrogen (secondary N) is 2. The molecule has 1 heterocycles. The van der Waals surface area contributed by atoms with Crippen molar-refractivity contribution in [3.63, 3.8) is 0 Å². The van der Waals surface area contributed by atoms with Gasteiger partial charge in [0.15, 0.2) is 0 Å². The largest absolute Gasteiger partial charge is 0.338 e. The molecule has 5 heteroatoms. The van der Waals surface area contributed by atoms with E-state index in [1.807, 2.05) is 48.5 Å². The summed E-state index contributed by atoms with van der Waals surface area (Å²) in [5, 5.41) is 3.06. The van der Waals surface area contributed by atoms with Crippen LogP contribution in [0.5, 0.6) is 0 Å². The number of carbonyl (C=O) groups is 1. The van der Waals surface area contributed by atoms with E-state index in [1.54, 1.807) is 0 Å². The minimum absolute atomic E-state index is 0.0276. The van der Waals surface area contributed by atoms with Crippen LogP contribution >= 0.6 is 0 Å². The fourth-order valence-corrected chi connectivity index (χ4v) is 3.73. The number of anilines is 1. The standard InChI is InChI=1S/C20H22N4O/c21-12-14-6-4-8-16(14)20(25)22-15-7-3-5-13(11-15)19-23-17-9-1-2-10-18(17)24-19/h1-3,5,7,9-11,14,16H,4,6,8,12,21H2,(H,22,25)(H,23,24)/t14-,16-/m1/s1. The minimum atomic E-state index is 0.0276. The van der Waals surface area contributed by atoms with E-state index in [1.165, 1.54) is 0 Å². The van der Waals surface area contributed by atoms with Gasteiger partial charge < -0.3 is 16.0 Å². The van der Waals surface area contributed by atoms with Gasteiger partial charge in [-0.25, -0.2) is 4.98 Å². The summed E-state index contributed by atoms with van der Waals surface area (Å²) in [4.78, 5) is 20.5.